The standard InChI is InChI=1S/C22H20F2N6O3S2/c1-12-10-34-20(28-12)9-33-19-8-26-18(7-27-19)17(24)5-13-3-15-14(16(23)4-13)6-22(15)11-35(31,32)30(2)21(25)29-22/h3-5,7-8,10H,6,9,11H2,1-2H3,(H2,25,29)/b17-5-/t22-/m0/s1. The first-order valence-electron chi connectivity index (χ1n) is 10.4. The number of aliphatic imine (C=N–C) groups is 1. The molecule has 1 aromatic carbocycles. The molecule has 5 rings (SSSR count). The van der Waals surface area contributed by atoms with Gasteiger partial charge < -0.3 is 10.5 Å². The third kappa shape index (κ3) is 4.25. The molecule has 1 aliphatic heterocycles. The van der Waals surface area contributed by atoms with E-state index in [2.05, 4.69) is 19.9 Å². The monoisotopic (exact) mass is 518 g/mol. The third-order valence-corrected chi connectivity index (χ3v) is 8.66. The van der Waals surface area contributed by atoms with E-state index < -0.39 is 27.2 Å². The minimum Gasteiger partial charge on any atom is -0.469 e. The quantitative estimate of drug-likeness (QED) is 0.551. The fourth-order valence-corrected chi connectivity index (χ4v) is 6.18. The van der Waals surface area contributed by atoms with E-state index in [1.165, 1.54) is 42.9 Å². The summed E-state index contributed by atoms with van der Waals surface area (Å²) in [5, 5.41) is 2.69. The van der Waals surface area contributed by atoms with Gasteiger partial charge in [0.2, 0.25) is 21.9 Å². The molecule has 1 atom stereocenters. The lowest BCUT2D eigenvalue weighted by molar-refractivity contribution is 0.291. The van der Waals surface area contributed by atoms with Crippen molar-refractivity contribution in [1.82, 2.24) is 19.3 Å². The summed E-state index contributed by atoms with van der Waals surface area (Å²) in [4.78, 5) is 16.7. The number of sulfonamides is 1. The fraction of sp³-hybridized carbons (Fsp3) is 0.273. The Bertz CT molecular complexity index is 1490. The Labute approximate surface area is 204 Å². The number of aromatic nitrogens is 3. The van der Waals surface area contributed by atoms with E-state index in [4.69, 9.17) is 10.5 Å². The molecular weight excluding hydrogens is 498 g/mol. The highest BCUT2D eigenvalue weighted by Gasteiger charge is 2.51. The second-order valence-corrected chi connectivity index (χ2v) is 11.3. The summed E-state index contributed by atoms with van der Waals surface area (Å²) in [5.41, 5.74) is 6.37. The highest BCUT2D eigenvalue weighted by molar-refractivity contribution is 7.89. The maximum absolute atomic E-state index is 14.9. The normalized spacial score (nSPS) is 20.9. The molecule has 35 heavy (non-hydrogen) atoms. The largest absolute Gasteiger partial charge is 0.469 e. The first kappa shape index (κ1) is 23.3. The summed E-state index contributed by atoms with van der Waals surface area (Å²) in [6.07, 6.45) is 3.70. The van der Waals surface area contributed by atoms with Crippen molar-refractivity contribution in [2.24, 2.45) is 10.7 Å². The smallest absolute Gasteiger partial charge is 0.239 e. The van der Waals surface area contributed by atoms with Crippen molar-refractivity contribution in [2.75, 3.05) is 12.8 Å². The Morgan fingerprint density at radius 3 is 2.80 bits per heavy atom. The molecule has 2 aromatic heterocycles. The second-order valence-electron chi connectivity index (χ2n) is 8.33. The number of thiazole rings is 1. The van der Waals surface area contributed by atoms with E-state index in [-0.39, 0.29) is 41.9 Å². The summed E-state index contributed by atoms with van der Waals surface area (Å²) in [5.74, 6) is -1.61. The number of guanidine groups is 1. The minimum atomic E-state index is -3.71. The Kier molecular flexibility index (Phi) is 5.55. The van der Waals surface area contributed by atoms with Crippen LogP contribution in [0.5, 0.6) is 5.88 Å². The van der Waals surface area contributed by atoms with Crippen molar-refractivity contribution >= 4 is 39.2 Å². The van der Waals surface area contributed by atoms with Gasteiger partial charge in [-0.15, -0.1) is 11.3 Å². The van der Waals surface area contributed by atoms with E-state index in [0.29, 0.717) is 11.1 Å². The van der Waals surface area contributed by atoms with Gasteiger partial charge in [-0.3, -0.25) is 0 Å². The molecule has 2 N–H and O–H groups in total. The molecule has 2 aliphatic rings. The van der Waals surface area contributed by atoms with Gasteiger partial charge in [-0.25, -0.2) is 41.4 Å². The molecule has 0 amide bonds. The lowest BCUT2D eigenvalue weighted by atomic mass is 9.71. The Balaban J connectivity index is 1.37. The maximum atomic E-state index is 14.9. The van der Waals surface area contributed by atoms with Gasteiger partial charge in [-0.2, -0.15) is 0 Å². The van der Waals surface area contributed by atoms with Gasteiger partial charge in [0.15, 0.2) is 5.83 Å². The molecule has 0 saturated heterocycles. The van der Waals surface area contributed by atoms with E-state index in [1.54, 1.807) is 0 Å². The second kappa shape index (κ2) is 8.34. The van der Waals surface area contributed by atoms with Crippen LogP contribution in [0.3, 0.4) is 0 Å². The molecule has 0 fully saturated rings. The van der Waals surface area contributed by atoms with E-state index in [1.807, 2.05) is 12.3 Å². The fourth-order valence-electron chi connectivity index (χ4n) is 4.05. The number of rotatable bonds is 5. The molecule has 3 aromatic rings. The molecule has 0 saturated carbocycles. The number of halogens is 2. The van der Waals surface area contributed by atoms with Crippen LogP contribution in [0.2, 0.25) is 0 Å². The maximum Gasteiger partial charge on any atom is 0.239 e. The number of nitrogens with zero attached hydrogens (tertiary/aromatic N) is 5. The van der Waals surface area contributed by atoms with Crippen molar-refractivity contribution in [3.05, 3.63) is 68.8 Å². The van der Waals surface area contributed by atoms with Crippen molar-refractivity contribution in [1.29, 1.82) is 0 Å². The molecule has 1 spiro atoms. The van der Waals surface area contributed by atoms with Crippen LogP contribution >= 0.6 is 11.3 Å². The molecule has 0 bridgehead atoms. The van der Waals surface area contributed by atoms with Crippen LogP contribution in [0.4, 0.5) is 8.78 Å². The van der Waals surface area contributed by atoms with Gasteiger partial charge in [-0.1, -0.05) is 0 Å². The SMILES string of the molecule is Cc1csc(COc2cnc(/C(F)=C/c3cc(F)c4c(c3)[C@]3(C4)CS(=O)(=O)N(C)C(N)=N3)cn2)n1. The third-order valence-electron chi connectivity index (χ3n) is 5.85. The zero-order valence-electron chi connectivity index (χ0n) is 18.7. The van der Waals surface area contributed by atoms with Crippen LogP contribution in [-0.2, 0) is 28.6 Å². The van der Waals surface area contributed by atoms with Crippen molar-refractivity contribution < 1.29 is 21.9 Å². The highest BCUT2D eigenvalue weighted by atomic mass is 32.2. The molecular formula is C22H20F2N6O3S2. The van der Waals surface area contributed by atoms with Crippen LogP contribution < -0.4 is 10.5 Å². The van der Waals surface area contributed by atoms with Gasteiger partial charge in [0.05, 0.1) is 18.1 Å². The number of fused-ring (bicyclic) bond motifs is 2. The van der Waals surface area contributed by atoms with Crippen LogP contribution in [0, 0.1) is 12.7 Å². The van der Waals surface area contributed by atoms with Crippen molar-refractivity contribution in [3.8, 4) is 5.88 Å². The summed E-state index contributed by atoms with van der Waals surface area (Å²) >= 11 is 1.46. The molecule has 3 heterocycles. The van der Waals surface area contributed by atoms with Crippen molar-refractivity contribution in [3.63, 3.8) is 0 Å². The molecule has 0 unspecified atom stereocenters. The summed E-state index contributed by atoms with van der Waals surface area (Å²) < 4.78 is 60.9. The average Bonchev–Trinajstić information content (AvgIpc) is 3.22. The number of benzene rings is 1. The first-order valence-corrected chi connectivity index (χ1v) is 12.9. The number of aryl methyl sites for hydroxylation is 1. The zero-order chi connectivity index (χ0) is 25.0. The summed E-state index contributed by atoms with van der Waals surface area (Å²) in [7, 11) is -2.39. The van der Waals surface area contributed by atoms with E-state index >= 15 is 0 Å². The van der Waals surface area contributed by atoms with Gasteiger partial charge >= 0.3 is 0 Å². The lowest BCUT2D eigenvalue weighted by Gasteiger charge is -2.44. The van der Waals surface area contributed by atoms with Gasteiger partial charge in [0.25, 0.3) is 0 Å². The Morgan fingerprint density at radius 1 is 1.34 bits per heavy atom. The highest BCUT2D eigenvalue weighted by Crippen LogP contribution is 2.47. The van der Waals surface area contributed by atoms with E-state index in [9.17, 15) is 17.2 Å². The lowest BCUT2D eigenvalue weighted by Crippen LogP contribution is -2.55. The zero-order valence-corrected chi connectivity index (χ0v) is 20.3. The Hall–Kier alpha value is -3.45. The molecule has 0 radical (unpaired) electrons. The van der Waals surface area contributed by atoms with Crippen LogP contribution in [-0.4, -0.2) is 46.4 Å². The topological polar surface area (TPSA) is 124 Å². The summed E-state index contributed by atoms with van der Waals surface area (Å²) in [6.45, 7) is 2.10. The molecule has 182 valence electrons. The van der Waals surface area contributed by atoms with Crippen LogP contribution in [0.15, 0.2) is 34.9 Å². The average molecular weight is 519 g/mol. The Morgan fingerprint density at radius 2 is 2.14 bits per heavy atom. The number of hydrogen-bond acceptors (Lipinski definition) is 9. The molecule has 1 aliphatic carbocycles. The number of hydrogen-bond donors (Lipinski definition) is 1. The molecule has 13 heteroatoms. The van der Waals surface area contributed by atoms with E-state index in [0.717, 1.165) is 21.1 Å². The van der Waals surface area contributed by atoms with Crippen LogP contribution in [0.25, 0.3) is 11.9 Å². The number of nitrogens with two attached hydrogens (primary N) is 1. The predicted octanol–water partition coefficient (Wildman–Crippen LogP) is 2.77. The minimum absolute atomic E-state index is 0.0654. The van der Waals surface area contributed by atoms with Crippen LogP contribution in [0.1, 0.15) is 33.1 Å². The van der Waals surface area contributed by atoms with Gasteiger partial charge in [0.1, 0.15) is 28.7 Å². The number of ether oxygens (including phenoxy) is 1. The van der Waals surface area contributed by atoms with Gasteiger partial charge in [0, 0.05) is 24.5 Å². The molecule has 9 nitrogen and oxygen atoms in total. The van der Waals surface area contributed by atoms with Crippen molar-refractivity contribution in [2.45, 2.75) is 25.5 Å². The predicted molar refractivity (Wildman–Crippen MR) is 127 cm³/mol. The summed E-state index contributed by atoms with van der Waals surface area (Å²) in [6, 6.07) is 2.71. The first-order chi connectivity index (χ1) is 16.6. The van der Waals surface area contributed by atoms with Gasteiger partial charge in [-0.05, 0) is 41.8 Å².